The van der Waals surface area contributed by atoms with E-state index in [1.165, 1.54) is 6.20 Å². The molecule has 121 valence electrons. The fraction of sp³-hybridized carbons (Fsp3) is 0.333. The molecule has 1 fully saturated rings. The van der Waals surface area contributed by atoms with Gasteiger partial charge in [-0.05, 0) is 25.1 Å². The zero-order valence-electron chi connectivity index (χ0n) is 12.1. The molecule has 1 aliphatic rings. The van der Waals surface area contributed by atoms with E-state index in [0.717, 1.165) is 18.2 Å². The zero-order chi connectivity index (χ0) is 16.8. The van der Waals surface area contributed by atoms with Gasteiger partial charge in [-0.1, -0.05) is 0 Å². The Morgan fingerprint density at radius 2 is 1.96 bits per heavy atom. The smallest absolute Gasteiger partial charge is 0.389 e. The van der Waals surface area contributed by atoms with Crippen LogP contribution in [0.3, 0.4) is 0 Å². The summed E-state index contributed by atoms with van der Waals surface area (Å²) in [6, 6.07) is 2.48. The van der Waals surface area contributed by atoms with Gasteiger partial charge in [-0.3, -0.25) is 5.11 Å². The second-order valence-corrected chi connectivity index (χ2v) is 5.44. The minimum atomic E-state index is -4.52. The molecule has 1 aliphatic heterocycles. The quantitative estimate of drug-likeness (QED) is 0.922. The first-order chi connectivity index (χ1) is 10.8. The second kappa shape index (κ2) is 5.38. The van der Waals surface area contributed by atoms with Gasteiger partial charge < -0.3 is 10.0 Å². The molecule has 1 N–H and O–H groups in total. The molecule has 23 heavy (non-hydrogen) atoms. The van der Waals surface area contributed by atoms with Gasteiger partial charge in [-0.25, -0.2) is 9.97 Å². The highest BCUT2D eigenvalue weighted by Gasteiger charge is 2.32. The minimum Gasteiger partial charge on any atom is -0.389 e. The predicted octanol–water partition coefficient (Wildman–Crippen LogP) is 2.80. The number of hydrogen-bond donors (Lipinski definition) is 1. The van der Waals surface area contributed by atoms with Crippen molar-refractivity contribution in [2.45, 2.75) is 19.2 Å². The molecule has 0 atom stereocenters. The summed E-state index contributed by atoms with van der Waals surface area (Å²) < 4.78 is 38.4. The Hall–Kier alpha value is -2.35. The number of anilines is 1. The molecule has 3 rings (SSSR count). The van der Waals surface area contributed by atoms with Crippen molar-refractivity contribution in [1.82, 2.24) is 9.97 Å². The van der Waals surface area contributed by atoms with Crippen molar-refractivity contribution in [1.29, 1.82) is 0 Å². The molecule has 1 saturated heterocycles. The van der Waals surface area contributed by atoms with E-state index in [4.69, 9.17) is 0 Å². The van der Waals surface area contributed by atoms with Gasteiger partial charge in [0.1, 0.15) is 0 Å². The fourth-order valence-electron chi connectivity index (χ4n) is 2.41. The maximum absolute atomic E-state index is 12.8. The first-order valence-electron chi connectivity index (χ1n) is 6.91. The molecule has 1 aromatic carbocycles. The van der Waals surface area contributed by atoms with Crippen LogP contribution in [-0.2, 0) is 11.3 Å². The van der Waals surface area contributed by atoms with Gasteiger partial charge in [0.15, 0.2) is 5.75 Å². The summed E-state index contributed by atoms with van der Waals surface area (Å²) in [6.07, 6.45) is -3.60. The molecular weight excluding hydrogens is 311 g/mol. The number of aryl methyl sites for hydroxylation is 1. The molecule has 0 amide bonds. The number of benzene rings is 1. The van der Waals surface area contributed by atoms with Crippen molar-refractivity contribution in [3.05, 3.63) is 35.7 Å². The van der Waals surface area contributed by atoms with E-state index in [1.807, 2.05) is 0 Å². The summed E-state index contributed by atoms with van der Waals surface area (Å²) in [5.41, 5.74) is -0.285. The third kappa shape index (κ3) is 2.94. The second-order valence-electron chi connectivity index (χ2n) is 5.44. The topological polar surface area (TPSA) is 69.2 Å². The number of aliphatic hydroxyl groups excluding tert-OH is 1. The van der Waals surface area contributed by atoms with E-state index in [2.05, 4.69) is 9.97 Å². The lowest BCUT2D eigenvalue weighted by molar-refractivity contribution is -0.137. The molecule has 8 heteroatoms. The predicted molar refractivity (Wildman–Crippen MR) is 75.6 cm³/mol. The molecule has 0 spiro atoms. The van der Waals surface area contributed by atoms with Crippen LogP contribution in [0.25, 0.3) is 11.1 Å². The van der Waals surface area contributed by atoms with Crippen molar-refractivity contribution in [3.63, 3.8) is 0 Å². The van der Waals surface area contributed by atoms with Crippen molar-refractivity contribution in [3.8, 4) is 16.9 Å². The lowest BCUT2D eigenvalue weighted by Crippen LogP contribution is -2.51. The summed E-state index contributed by atoms with van der Waals surface area (Å²) in [5, 5.41) is 21.2. The van der Waals surface area contributed by atoms with Crippen molar-refractivity contribution < 1.29 is 23.4 Å². The van der Waals surface area contributed by atoms with Crippen LogP contribution < -0.4 is 4.90 Å². The Morgan fingerprint density at radius 3 is 2.52 bits per heavy atom. The monoisotopic (exact) mass is 324 g/mol. The van der Waals surface area contributed by atoms with Crippen LogP contribution >= 0.6 is 0 Å². The lowest BCUT2D eigenvalue weighted by atomic mass is 10.0. The van der Waals surface area contributed by atoms with Gasteiger partial charge >= 0.3 is 6.18 Å². The van der Waals surface area contributed by atoms with Crippen molar-refractivity contribution >= 4 is 5.95 Å². The normalized spacial score (nSPS) is 15.6. The molecule has 5 nitrogen and oxygen atoms in total. The Balaban J connectivity index is 1.98. The maximum Gasteiger partial charge on any atom is 0.416 e. The fourth-order valence-corrected chi connectivity index (χ4v) is 2.41. The lowest BCUT2D eigenvalue weighted by Gasteiger charge is -2.35. The highest BCUT2D eigenvalue weighted by molar-refractivity contribution is 5.72. The molecule has 0 bridgehead atoms. The third-order valence-corrected chi connectivity index (χ3v) is 3.71. The average molecular weight is 324 g/mol. The first kappa shape index (κ1) is 15.5. The minimum absolute atomic E-state index is 0.0764. The summed E-state index contributed by atoms with van der Waals surface area (Å²) in [5.74, 6) is -0.132. The van der Waals surface area contributed by atoms with E-state index in [0.29, 0.717) is 24.7 Å². The van der Waals surface area contributed by atoms with Crippen LogP contribution in [0.15, 0.2) is 24.4 Å². The van der Waals surface area contributed by atoms with Gasteiger partial charge in [0.05, 0.1) is 17.4 Å². The molecule has 2 heterocycles. The molecular formula is C15H13F3N3O2. The summed E-state index contributed by atoms with van der Waals surface area (Å²) in [4.78, 5) is 10.1. The molecule has 2 aromatic rings. The van der Waals surface area contributed by atoms with Crippen LogP contribution in [-0.4, -0.2) is 34.3 Å². The largest absolute Gasteiger partial charge is 0.416 e. The number of rotatable bonds is 2. The van der Waals surface area contributed by atoms with E-state index in [-0.39, 0.29) is 11.1 Å². The third-order valence-electron chi connectivity index (χ3n) is 3.71. The van der Waals surface area contributed by atoms with Gasteiger partial charge in [0, 0.05) is 30.4 Å². The first-order valence-corrected chi connectivity index (χ1v) is 6.91. The maximum atomic E-state index is 12.8. The number of hydrogen-bond acceptors (Lipinski definition) is 4. The van der Waals surface area contributed by atoms with Crippen molar-refractivity contribution in [2.24, 2.45) is 0 Å². The Bertz CT molecular complexity index is 743. The Kier molecular flexibility index (Phi) is 3.63. The molecule has 1 radical (unpaired) electrons. The van der Waals surface area contributed by atoms with Gasteiger partial charge in [0.2, 0.25) is 5.95 Å². The molecule has 0 saturated carbocycles. The molecule has 1 aromatic heterocycles. The van der Waals surface area contributed by atoms with Crippen LogP contribution in [0.4, 0.5) is 19.1 Å². The SMILES string of the molecule is Cc1nc(N2CC(O)C2)ncc1-c1cc(C(F)(F)F)ccc1[O]. The number of aliphatic hydroxyl groups is 1. The highest BCUT2D eigenvalue weighted by Crippen LogP contribution is 2.37. The summed E-state index contributed by atoms with van der Waals surface area (Å²) in [7, 11) is 0. The number of halogens is 3. The van der Waals surface area contributed by atoms with Crippen LogP contribution in [0.2, 0.25) is 0 Å². The van der Waals surface area contributed by atoms with Gasteiger partial charge in [0.25, 0.3) is 0 Å². The van der Waals surface area contributed by atoms with Crippen LogP contribution in [0, 0.1) is 6.92 Å². The van der Waals surface area contributed by atoms with E-state index in [9.17, 15) is 23.4 Å². The summed E-state index contributed by atoms with van der Waals surface area (Å²) in [6.45, 7) is 2.43. The zero-order valence-corrected chi connectivity index (χ0v) is 12.1. The Labute approximate surface area is 130 Å². The van der Waals surface area contributed by atoms with Crippen LogP contribution in [0.1, 0.15) is 11.3 Å². The number of aromatic nitrogens is 2. The van der Waals surface area contributed by atoms with E-state index in [1.54, 1.807) is 11.8 Å². The number of nitrogens with zero attached hydrogens (tertiary/aromatic N) is 3. The molecule has 0 aliphatic carbocycles. The highest BCUT2D eigenvalue weighted by atomic mass is 19.4. The van der Waals surface area contributed by atoms with Crippen molar-refractivity contribution in [2.75, 3.05) is 18.0 Å². The van der Waals surface area contributed by atoms with Gasteiger partial charge in [-0.2, -0.15) is 13.2 Å². The standard InChI is InChI=1S/C15H13F3N3O2/c1-8-12(5-19-14(20-8)21-6-10(22)7-21)11-4-9(15(16,17)18)2-3-13(11)23/h2-5,10,22H,6-7H2,1H3. The van der Waals surface area contributed by atoms with E-state index < -0.39 is 23.6 Å². The average Bonchev–Trinajstić information content (AvgIpc) is 2.43. The van der Waals surface area contributed by atoms with E-state index >= 15 is 0 Å². The number of β-amino-alcohol motifs (C(OH)–C–C–N with tert-alkyl or cyclic N) is 1. The van der Waals surface area contributed by atoms with Gasteiger partial charge in [-0.15, -0.1) is 0 Å². The summed E-state index contributed by atoms with van der Waals surface area (Å²) >= 11 is 0. The Morgan fingerprint density at radius 1 is 1.26 bits per heavy atom. The number of alkyl halides is 3. The van der Waals surface area contributed by atoms with Crippen LogP contribution in [0.5, 0.6) is 5.75 Å². The molecule has 0 unspecified atom stereocenters.